The summed E-state index contributed by atoms with van der Waals surface area (Å²) in [6.07, 6.45) is 9.33. The zero-order chi connectivity index (χ0) is 53.4. The first-order chi connectivity index (χ1) is 36.7. The molecule has 0 aliphatic heterocycles. The van der Waals surface area contributed by atoms with E-state index in [-0.39, 0.29) is 32.7 Å². The highest BCUT2D eigenvalue weighted by Crippen LogP contribution is 2.40. The van der Waals surface area contributed by atoms with Crippen molar-refractivity contribution in [2.24, 2.45) is 0 Å². The quantitative estimate of drug-likeness (QED) is 0.0917. The van der Waals surface area contributed by atoms with Gasteiger partial charge in [0, 0.05) is 83.3 Å². The molecule has 0 aliphatic rings. The van der Waals surface area contributed by atoms with E-state index in [1.54, 1.807) is 104 Å². The van der Waals surface area contributed by atoms with Crippen LogP contribution in [-0.4, -0.2) is 75.2 Å². The number of hydrogen-bond acceptors (Lipinski definition) is 16. The van der Waals surface area contributed by atoms with Crippen molar-refractivity contribution in [2.75, 3.05) is 37.9 Å². The standard InChI is InChI=1S/2C27H21FN4O5S/c1-35-25-15-20-22(16-26(25)36-2)29-12-9-23(20)37-24-8-7-18(14-21(24)28)32-38(33,34)19-6-3-5-17(13-19)27-30-10-4-11-31-27;1-35-25-15-20-23(16-26(25)36-2)29-12-9-24(20)37-18-7-8-22(21(28)14-18)32-38(33,34)19-6-3-5-17(13-19)27-30-10-4-11-31-27/h2*3-16,32H,1-2H3. The largest absolute Gasteiger partial charge is 0.493 e. The zero-order valence-corrected chi connectivity index (χ0v) is 42.1. The third-order valence-corrected chi connectivity index (χ3v) is 13.9. The second-order valence-electron chi connectivity index (χ2n) is 16.0. The van der Waals surface area contributed by atoms with Gasteiger partial charge in [0.15, 0.2) is 52.0 Å². The summed E-state index contributed by atoms with van der Waals surface area (Å²) in [5, 5.41) is 1.20. The molecule has 10 aromatic rings. The Morgan fingerprint density at radius 1 is 0.408 bits per heavy atom. The van der Waals surface area contributed by atoms with Crippen LogP contribution in [0.1, 0.15) is 0 Å². The molecule has 2 N–H and O–H groups in total. The van der Waals surface area contributed by atoms with Gasteiger partial charge in [-0.15, -0.1) is 0 Å². The molecule has 76 heavy (non-hydrogen) atoms. The van der Waals surface area contributed by atoms with Crippen molar-refractivity contribution < 1.29 is 54.0 Å². The van der Waals surface area contributed by atoms with Gasteiger partial charge in [-0.25, -0.2) is 45.6 Å². The lowest BCUT2D eigenvalue weighted by Gasteiger charge is -2.14. The van der Waals surface area contributed by atoms with Crippen molar-refractivity contribution in [1.82, 2.24) is 29.9 Å². The molecule has 0 unspecified atom stereocenters. The van der Waals surface area contributed by atoms with Gasteiger partial charge in [0.2, 0.25) is 0 Å². The van der Waals surface area contributed by atoms with Crippen LogP contribution in [0.2, 0.25) is 0 Å². The molecular formula is C54H42F2N8O10S2. The number of rotatable bonds is 16. The predicted molar refractivity (Wildman–Crippen MR) is 279 cm³/mol. The Morgan fingerprint density at radius 2 is 0.895 bits per heavy atom. The summed E-state index contributed by atoms with van der Waals surface area (Å²) in [5.41, 5.74) is 1.99. The van der Waals surface area contributed by atoms with Gasteiger partial charge in [-0.3, -0.25) is 19.4 Å². The van der Waals surface area contributed by atoms with Crippen LogP contribution in [-0.2, 0) is 20.0 Å². The van der Waals surface area contributed by atoms with Crippen molar-refractivity contribution in [3.63, 3.8) is 0 Å². The third kappa shape index (κ3) is 11.5. The highest BCUT2D eigenvalue weighted by Gasteiger charge is 2.21. The van der Waals surface area contributed by atoms with E-state index in [4.69, 9.17) is 28.4 Å². The Hall–Kier alpha value is -9.54. The molecule has 0 amide bonds. The summed E-state index contributed by atoms with van der Waals surface area (Å²) in [6.45, 7) is 0. The van der Waals surface area contributed by atoms with Crippen LogP contribution >= 0.6 is 0 Å². The van der Waals surface area contributed by atoms with Gasteiger partial charge in [0.05, 0.1) is 60.6 Å². The number of nitrogens with zero attached hydrogens (tertiary/aromatic N) is 6. The molecule has 10 rings (SSSR count). The van der Waals surface area contributed by atoms with Crippen molar-refractivity contribution >= 4 is 53.2 Å². The van der Waals surface area contributed by atoms with Crippen LogP contribution in [0.5, 0.6) is 46.0 Å². The molecule has 0 fully saturated rings. The van der Waals surface area contributed by atoms with Crippen molar-refractivity contribution in [2.45, 2.75) is 9.79 Å². The van der Waals surface area contributed by atoms with Crippen LogP contribution < -0.4 is 37.9 Å². The summed E-state index contributed by atoms with van der Waals surface area (Å²) in [4.78, 5) is 25.1. The molecule has 22 heteroatoms. The topological polar surface area (TPSA) is 225 Å². The van der Waals surface area contributed by atoms with Gasteiger partial charge >= 0.3 is 0 Å². The number of pyridine rings is 2. The first-order valence-corrected chi connectivity index (χ1v) is 25.5. The van der Waals surface area contributed by atoms with Gasteiger partial charge in [-0.05, 0) is 84.9 Å². The summed E-state index contributed by atoms with van der Waals surface area (Å²) >= 11 is 0. The van der Waals surface area contributed by atoms with Crippen molar-refractivity contribution in [1.29, 1.82) is 0 Å². The van der Waals surface area contributed by atoms with Crippen molar-refractivity contribution in [3.05, 3.63) is 182 Å². The highest BCUT2D eigenvalue weighted by atomic mass is 32.2. The lowest BCUT2D eigenvalue weighted by Crippen LogP contribution is -2.14. The maximum absolute atomic E-state index is 15.0. The summed E-state index contributed by atoms with van der Waals surface area (Å²) in [5.74, 6) is 1.94. The number of nitrogens with one attached hydrogen (secondary N) is 2. The minimum atomic E-state index is -4.10. The number of aromatic nitrogens is 6. The number of halogens is 2. The monoisotopic (exact) mass is 1060 g/mol. The number of hydrogen-bond donors (Lipinski definition) is 2. The molecule has 384 valence electrons. The van der Waals surface area contributed by atoms with Crippen LogP contribution in [0.4, 0.5) is 20.2 Å². The molecule has 0 radical (unpaired) electrons. The van der Waals surface area contributed by atoms with Gasteiger partial charge in [-0.2, -0.15) is 0 Å². The molecule has 6 aromatic carbocycles. The van der Waals surface area contributed by atoms with Gasteiger partial charge in [0.25, 0.3) is 20.0 Å². The number of benzene rings is 6. The van der Waals surface area contributed by atoms with Crippen molar-refractivity contribution in [3.8, 4) is 68.8 Å². The Kier molecular flexibility index (Phi) is 15.1. The Morgan fingerprint density at radius 3 is 1.38 bits per heavy atom. The summed E-state index contributed by atoms with van der Waals surface area (Å²) < 4.78 is 120. The second kappa shape index (κ2) is 22.3. The van der Waals surface area contributed by atoms with E-state index in [0.717, 1.165) is 12.1 Å². The van der Waals surface area contributed by atoms with Gasteiger partial charge in [0.1, 0.15) is 17.2 Å². The van der Waals surface area contributed by atoms with E-state index >= 15 is 4.39 Å². The fourth-order valence-corrected chi connectivity index (χ4v) is 9.73. The average molecular weight is 1070 g/mol. The van der Waals surface area contributed by atoms with Crippen LogP contribution in [0.15, 0.2) is 180 Å². The first kappa shape index (κ1) is 51.4. The van der Waals surface area contributed by atoms with Crippen LogP contribution in [0.3, 0.4) is 0 Å². The molecule has 0 saturated heterocycles. The van der Waals surface area contributed by atoms with Gasteiger partial charge < -0.3 is 28.4 Å². The third-order valence-electron chi connectivity index (χ3n) is 11.2. The second-order valence-corrected chi connectivity index (χ2v) is 19.3. The minimum Gasteiger partial charge on any atom is -0.493 e. The number of sulfonamides is 2. The maximum atomic E-state index is 15.0. The van der Waals surface area contributed by atoms with Crippen LogP contribution in [0, 0.1) is 11.6 Å². The molecule has 0 spiro atoms. The molecule has 4 aromatic heterocycles. The van der Waals surface area contributed by atoms with Gasteiger partial charge in [-0.1, -0.05) is 24.3 Å². The Bertz CT molecular complexity index is 3980. The van der Waals surface area contributed by atoms with E-state index in [0.29, 0.717) is 79.1 Å². The first-order valence-electron chi connectivity index (χ1n) is 22.5. The molecule has 18 nitrogen and oxygen atoms in total. The fraction of sp³-hybridized carbons (Fsp3) is 0.0741. The lowest BCUT2D eigenvalue weighted by atomic mass is 10.2. The maximum Gasteiger partial charge on any atom is 0.262 e. The summed E-state index contributed by atoms with van der Waals surface area (Å²) in [7, 11) is -2.06. The van der Waals surface area contributed by atoms with E-state index in [1.165, 1.54) is 83.2 Å². The van der Waals surface area contributed by atoms with E-state index < -0.39 is 31.7 Å². The average Bonchev–Trinajstić information content (AvgIpc) is 3.46. The molecular weight excluding hydrogens is 1020 g/mol. The number of fused-ring (bicyclic) bond motifs is 2. The predicted octanol–water partition coefficient (Wildman–Crippen LogP) is 10.9. The van der Waals surface area contributed by atoms with E-state index in [1.807, 2.05) is 0 Å². The summed E-state index contributed by atoms with van der Waals surface area (Å²) in [6, 6.07) is 33.2. The molecule has 4 heterocycles. The number of ether oxygens (including phenoxy) is 6. The lowest BCUT2D eigenvalue weighted by molar-refractivity contribution is 0.355. The Labute approximate surface area is 434 Å². The SMILES string of the molecule is COc1cc2nccc(Oc3ccc(NS(=O)(=O)c4cccc(-c5ncccn5)c4)c(F)c3)c2cc1OC.COc1cc2nccc(Oc3ccc(NS(=O)(=O)c4cccc(-c5ncccn5)c4)cc3F)c2cc1OC. The molecule has 0 bridgehead atoms. The molecule has 0 saturated carbocycles. The molecule has 0 aliphatic carbocycles. The van der Waals surface area contributed by atoms with E-state index in [9.17, 15) is 21.2 Å². The number of methoxy groups -OCH3 is 4. The minimum absolute atomic E-state index is 0.0178. The fourth-order valence-electron chi connectivity index (χ4n) is 7.53. The Balaban J connectivity index is 0.000000186. The highest BCUT2D eigenvalue weighted by molar-refractivity contribution is 7.93. The zero-order valence-electron chi connectivity index (χ0n) is 40.5. The normalized spacial score (nSPS) is 11.2. The van der Waals surface area contributed by atoms with Crippen LogP contribution in [0.25, 0.3) is 44.6 Å². The van der Waals surface area contributed by atoms with E-state index in [2.05, 4.69) is 39.3 Å². The number of anilines is 2. The smallest absolute Gasteiger partial charge is 0.262 e. The molecule has 0 atom stereocenters.